The van der Waals surface area contributed by atoms with Crippen molar-refractivity contribution in [2.75, 3.05) is 0 Å². The van der Waals surface area contributed by atoms with Gasteiger partial charge in [0, 0.05) is 12.0 Å². The summed E-state index contributed by atoms with van der Waals surface area (Å²) in [5, 5.41) is 0.154. The minimum atomic E-state index is -5.01. The average Bonchev–Trinajstić information content (AvgIpc) is 2.82. The summed E-state index contributed by atoms with van der Waals surface area (Å²) in [5.74, 6) is -0.692. The number of alkyl halides is 3. The van der Waals surface area contributed by atoms with E-state index < -0.39 is 23.4 Å². The van der Waals surface area contributed by atoms with Crippen LogP contribution in [0, 0.1) is 0 Å². The molecule has 0 aliphatic heterocycles. The number of ether oxygens (including phenoxy) is 1. The zero-order valence-electron chi connectivity index (χ0n) is 18.0. The lowest BCUT2D eigenvalue weighted by molar-refractivity contribution is -0.274. The fraction of sp³-hybridized carbons (Fsp3) is 0.160. The first-order valence-electron chi connectivity index (χ1n) is 10.4. The van der Waals surface area contributed by atoms with Gasteiger partial charge in [-0.05, 0) is 29.8 Å². The number of ketones is 1. The van der Waals surface area contributed by atoms with E-state index in [0.29, 0.717) is 27.6 Å². The molecule has 4 rings (SSSR count). The number of hydrogen-bond donors (Lipinski definition) is 0. The van der Waals surface area contributed by atoms with E-state index in [1.807, 2.05) is 0 Å². The van der Waals surface area contributed by atoms with E-state index in [9.17, 15) is 27.6 Å². The summed E-state index contributed by atoms with van der Waals surface area (Å²) >= 11 is 0. The lowest BCUT2D eigenvalue weighted by Crippen LogP contribution is -2.39. The molecule has 0 fully saturated rings. The summed E-state index contributed by atoms with van der Waals surface area (Å²) in [7, 11) is 0. The second-order valence-corrected chi connectivity index (χ2v) is 7.52. The fourth-order valence-electron chi connectivity index (χ4n) is 3.72. The Morgan fingerprint density at radius 2 is 1.56 bits per heavy atom. The number of carbonyl (C=O) groups is 1. The third-order valence-corrected chi connectivity index (χ3v) is 5.32. The minimum absolute atomic E-state index is 0.0241. The summed E-state index contributed by atoms with van der Waals surface area (Å²) in [6.45, 7) is 1.79. The monoisotopic (exact) mass is 468 g/mol. The summed E-state index contributed by atoms with van der Waals surface area (Å²) in [4.78, 5) is 38.6. The molecule has 34 heavy (non-hydrogen) atoms. The highest BCUT2D eigenvalue weighted by Crippen LogP contribution is 2.28. The number of fused-ring (bicyclic) bond motifs is 1. The predicted octanol–water partition coefficient (Wildman–Crippen LogP) is 4.69. The molecule has 174 valence electrons. The van der Waals surface area contributed by atoms with Gasteiger partial charge in [0.15, 0.2) is 11.5 Å². The molecule has 0 aliphatic rings. The molecule has 0 unspecified atom stereocenters. The number of aromatic nitrogens is 2. The summed E-state index contributed by atoms with van der Waals surface area (Å²) < 4.78 is 44.9. The van der Waals surface area contributed by atoms with E-state index in [2.05, 4.69) is 4.74 Å². The second kappa shape index (κ2) is 9.01. The van der Waals surface area contributed by atoms with Crippen LogP contribution in [-0.4, -0.2) is 21.3 Å². The lowest BCUT2D eigenvalue weighted by atomic mass is 10.1. The van der Waals surface area contributed by atoms with E-state index in [1.165, 1.54) is 28.8 Å². The van der Waals surface area contributed by atoms with Crippen molar-refractivity contribution >= 4 is 16.7 Å². The Balaban J connectivity index is 1.91. The Labute approximate surface area is 191 Å². The molecule has 9 heteroatoms. The quantitative estimate of drug-likeness (QED) is 0.385. The van der Waals surface area contributed by atoms with E-state index in [-0.39, 0.29) is 23.4 Å². The van der Waals surface area contributed by atoms with Crippen molar-refractivity contribution in [3.8, 4) is 11.4 Å². The molecule has 0 radical (unpaired) electrons. The van der Waals surface area contributed by atoms with Gasteiger partial charge in [-0.25, -0.2) is 9.36 Å². The van der Waals surface area contributed by atoms with Crippen molar-refractivity contribution in [1.82, 2.24) is 9.13 Å². The average molecular weight is 468 g/mol. The van der Waals surface area contributed by atoms with Gasteiger partial charge in [0.1, 0.15) is 0 Å². The number of halogens is 3. The molecule has 4 aromatic rings. The van der Waals surface area contributed by atoms with Crippen molar-refractivity contribution in [2.45, 2.75) is 26.3 Å². The fourth-order valence-corrected chi connectivity index (χ4v) is 3.72. The van der Waals surface area contributed by atoms with Gasteiger partial charge >= 0.3 is 12.1 Å². The molecule has 0 amide bonds. The van der Waals surface area contributed by atoms with Crippen molar-refractivity contribution in [1.29, 1.82) is 0 Å². The Kier molecular flexibility index (Phi) is 6.10. The highest BCUT2D eigenvalue weighted by molar-refractivity contribution is 5.95. The number of carbonyl (C=O) groups excluding carboxylic acids is 1. The zero-order chi connectivity index (χ0) is 24.5. The number of Topliss-reactive ketones (excluding diaryl/α,β-unsaturated/α-hetero) is 1. The van der Waals surface area contributed by atoms with Gasteiger partial charge in [-0.2, -0.15) is 0 Å². The first-order chi connectivity index (χ1) is 16.2. The minimum Gasteiger partial charge on any atom is -0.404 e. The third-order valence-electron chi connectivity index (χ3n) is 5.32. The number of benzene rings is 3. The van der Waals surface area contributed by atoms with Crippen LogP contribution in [0.15, 0.2) is 82.4 Å². The van der Waals surface area contributed by atoms with Crippen molar-refractivity contribution in [3.05, 3.63) is 105 Å². The standard InChI is InChI=1S/C25H19F3N2O4/c1-2-21(31)17-13-11-16(12-14-17)15-29-19-8-4-3-7-18(19)23(32)30(24(29)33)20-9-5-6-10-22(20)34-25(26,27)28/h3-14H,2,15H2,1H3. The summed E-state index contributed by atoms with van der Waals surface area (Å²) in [6, 6.07) is 18.0. The highest BCUT2D eigenvalue weighted by atomic mass is 19.4. The van der Waals surface area contributed by atoms with Crippen LogP contribution in [0.5, 0.6) is 5.75 Å². The Hall–Kier alpha value is -4.14. The van der Waals surface area contributed by atoms with Gasteiger partial charge in [0.2, 0.25) is 0 Å². The van der Waals surface area contributed by atoms with Crippen LogP contribution in [0.2, 0.25) is 0 Å². The molecule has 6 nitrogen and oxygen atoms in total. The maximum Gasteiger partial charge on any atom is 0.573 e. The lowest BCUT2D eigenvalue weighted by Gasteiger charge is -2.17. The molecular weight excluding hydrogens is 449 g/mol. The highest BCUT2D eigenvalue weighted by Gasteiger charge is 2.32. The molecule has 3 aromatic carbocycles. The molecule has 0 saturated heterocycles. The number of nitrogens with zero attached hydrogens (tertiary/aromatic N) is 2. The largest absolute Gasteiger partial charge is 0.573 e. The van der Waals surface area contributed by atoms with Crippen molar-refractivity contribution in [3.63, 3.8) is 0 Å². The van der Waals surface area contributed by atoms with Crippen molar-refractivity contribution in [2.24, 2.45) is 0 Å². The van der Waals surface area contributed by atoms with Crippen molar-refractivity contribution < 1.29 is 22.7 Å². The van der Waals surface area contributed by atoms with E-state index in [1.54, 1.807) is 49.4 Å². The van der Waals surface area contributed by atoms with Gasteiger partial charge in [-0.15, -0.1) is 13.2 Å². The Bertz CT molecular complexity index is 1490. The van der Waals surface area contributed by atoms with Crippen LogP contribution in [0.1, 0.15) is 29.3 Å². The number of hydrogen-bond acceptors (Lipinski definition) is 4. The van der Waals surface area contributed by atoms with Gasteiger partial charge in [-0.3, -0.25) is 14.2 Å². The molecule has 1 aromatic heterocycles. The van der Waals surface area contributed by atoms with E-state index >= 15 is 0 Å². The Morgan fingerprint density at radius 3 is 2.24 bits per heavy atom. The van der Waals surface area contributed by atoms with Gasteiger partial charge in [0.25, 0.3) is 5.56 Å². The Morgan fingerprint density at radius 1 is 0.912 bits per heavy atom. The molecule has 0 bridgehead atoms. The van der Waals surface area contributed by atoms with Crippen LogP contribution in [0.3, 0.4) is 0 Å². The third kappa shape index (κ3) is 4.50. The molecule has 0 N–H and O–H groups in total. The summed E-state index contributed by atoms with van der Waals surface area (Å²) in [5.41, 5.74) is -0.374. The topological polar surface area (TPSA) is 70.3 Å². The smallest absolute Gasteiger partial charge is 0.404 e. The molecule has 0 atom stereocenters. The number of para-hydroxylation sites is 3. The van der Waals surface area contributed by atoms with Crippen LogP contribution in [-0.2, 0) is 6.54 Å². The van der Waals surface area contributed by atoms with Gasteiger partial charge in [0.05, 0.1) is 23.1 Å². The SMILES string of the molecule is CCC(=O)c1ccc(Cn2c(=O)n(-c3ccccc3OC(F)(F)F)c(=O)c3ccccc32)cc1. The van der Waals surface area contributed by atoms with E-state index in [0.717, 1.165) is 6.07 Å². The molecule has 0 spiro atoms. The van der Waals surface area contributed by atoms with E-state index in [4.69, 9.17) is 0 Å². The molecule has 0 aliphatic carbocycles. The zero-order valence-corrected chi connectivity index (χ0v) is 18.0. The first-order valence-corrected chi connectivity index (χ1v) is 10.4. The molecule has 0 saturated carbocycles. The molecule has 1 heterocycles. The van der Waals surface area contributed by atoms with Gasteiger partial charge in [-0.1, -0.05) is 55.5 Å². The molecular formula is C25H19F3N2O4. The predicted molar refractivity (Wildman–Crippen MR) is 121 cm³/mol. The van der Waals surface area contributed by atoms with Crippen LogP contribution >= 0.6 is 0 Å². The van der Waals surface area contributed by atoms with Crippen LogP contribution in [0.4, 0.5) is 13.2 Å². The summed E-state index contributed by atoms with van der Waals surface area (Å²) in [6.07, 6.45) is -4.65. The number of rotatable bonds is 6. The van der Waals surface area contributed by atoms with Crippen LogP contribution < -0.4 is 16.0 Å². The van der Waals surface area contributed by atoms with Crippen LogP contribution in [0.25, 0.3) is 16.6 Å². The maximum atomic E-state index is 13.5. The maximum absolute atomic E-state index is 13.5. The van der Waals surface area contributed by atoms with Gasteiger partial charge < -0.3 is 4.74 Å². The second-order valence-electron chi connectivity index (χ2n) is 7.52. The normalized spacial score (nSPS) is 11.5. The first kappa shape index (κ1) is 23.0.